The predicted octanol–water partition coefficient (Wildman–Crippen LogP) is -0.272. The molecule has 86 valence electrons. The maximum absolute atomic E-state index is 13.4. The van der Waals surface area contributed by atoms with Crippen molar-refractivity contribution >= 4 is 18.5 Å². The van der Waals surface area contributed by atoms with Gasteiger partial charge in [-0.15, -0.1) is 0 Å². The Hall–Kier alpha value is -1.40. The molecule has 0 heterocycles. The number of hydrogen-bond donors (Lipinski definition) is 3. The van der Waals surface area contributed by atoms with Gasteiger partial charge >= 0.3 is 7.12 Å². The molecule has 0 fully saturated rings. The van der Waals surface area contributed by atoms with Gasteiger partial charge in [-0.05, 0) is 23.6 Å². The van der Waals surface area contributed by atoms with Crippen molar-refractivity contribution in [3.63, 3.8) is 0 Å². The molecule has 0 aliphatic carbocycles. The first kappa shape index (κ1) is 12.7. The summed E-state index contributed by atoms with van der Waals surface area (Å²) in [6.45, 7) is 3.43. The first-order valence-corrected chi connectivity index (χ1v) is 4.84. The van der Waals surface area contributed by atoms with Crippen molar-refractivity contribution in [2.75, 3.05) is 0 Å². The number of rotatable bonds is 3. The van der Waals surface area contributed by atoms with Gasteiger partial charge in [0, 0.05) is 11.0 Å². The molecule has 0 spiro atoms. The van der Waals surface area contributed by atoms with Gasteiger partial charge in [0.15, 0.2) is 0 Å². The normalized spacial score (nSPS) is 10.6. The van der Waals surface area contributed by atoms with E-state index in [1.807, 2.05) is 0 Å². The second kappa shape index (κ2) is 4.63. The zero-order valence-corrected chi connectivity index (χ0v) is 9.07. The van der Waals surface area contributed by atoms with Crippen molar-refractivity contribution in [1.29, 1.82) is 0 Å². The molecule has 1 aromatic carbocycles. The van der Waals surface area contributed by atoms with Crippen LogP contribution >= 0.6 is 0 Å². The number of carbonyl (C=O) groups is 1. The lowest BCUT2D eigenvalue weighted by molar-refractivity contribution is 0.0999. The van der Waals surface area contributed by atoms with E-state index in [1.165, 1.54) is 6.07 Å². The first-order chi connectivity index (χ1) is 7.36. The Balaban J connectivity index is 3.56. The van der Waals surface area contributed by atoms with Crippen molar-refractivity contribution in [3.8, 4) is 0 Å². The third-order valence-corrected chi connectivity index (χ3v) is 2.33. The monoisotopic (exact) mass is 225 g/mol. The van der Waals surface area contributed by atoms with E-state index in [-0.39, 0.29) is 22.5 Å². The van der Waals surface area contributed by atoms with E-state index in [4.69, 9.17) is 15.8 Å². The summed E-state index contributed by atoms with van der Waals surface area (Å²) in [6.07, 6.45) is 0. The fourth-order valence-corrected chi connectivity index (χ4v) is 1.71. The summed E-state index contributed by atoms with van der Waals surface area (Å²) in [5, 5.41) is 18.2. The molecule has 0 unspecified atom stereocenters. The molecule has 0 aromatic heterocycles. The minimum Gasteiger partial charge on any atom is -0.423 e. The second-order valence-electron chi connectivity index (χ2n) is 3.81. The van der Waals surface area contributed by atoms with E-state index in [0.29, 0.717) is 0 Å². The van der Waals surface area contributed by atoms with Gasteiger partial charge < -0.3 is 15.8 Å². The van der Waals surface area contributed by atoms with Gasteiger partial charge in [0.1, 0.15) is 5.82 Å². The van der Waals surface area contributed by atoms with E-state index >= 15 is 0 Å². The number of carbonyl (C=O) groups excluding carboxylic acids is 1. The van der Waals surface area contributed by atoms with E-state index < -0.39 is 18.8 Å². The lowest BCUT2D eigenvalue weighted by atomic mass is 9.72. The molecule has 6 heteroatoms. The topological polar surface area (TPSA) is 83.6 Å². The minimum atomic E-state index is -1.96. The number of primary amides is 1. The molecule has 0 saturated carbocycles. The number of halogens is 1. The molecular weight excluding hydrogens is 212 g/mol. The third kappa shape index (κ3) is 2.23. The smallest absolute Gasteiger partial charge is 0.423 e. The Morgan fingerprint density at radius 1 is 1.44 bits per heavy atom. The van der Waals surface area contributed by atoms with Gasteiger partial charge in [0.2, 0.25) is 5.91 Å². The second-order valence-corrected chi connectivity index (χ2v) is 3.81. The quantitative estimate of drug-likeness (QED) is 0.619. The SMILES string of the molecule is CC(C)c1c(C(N)=O)ccc(F)c1B(O)O. The molecule has 1 rings (SSSR count). The van der Waals surface area contributed by atoms with Gasteiger partial charge in [0.05, 0.1) is 0 Å². The first-order valence-electron chi connectivity index (χ1n) is 4.84. The molecular formula is C10H13BFNO3. The van der Waals surface area contributed by atoms with Crippen LogP contribution in [0.5, 0.6) is 0 Å². The van der Waals surface area contributed by atoms with E-state index in [9.17, 15) is 9.18 Å². The zero-order chi connectivity index (χ0) is 12.5. The molecule has 0 radical (unpaired) electrons. The lowest BCUT2D eigenvalue weighted by Gasteiger charge is -2.16. The Kier molecular flexibility index (Phi) is 3.67. The summed E-state index contributed by atoms with van der Waals surface area (Å²) in [5.41, 5.74) is 5.21. The molecule has 4 N–H and O–H groups in total. The van der Waals surface area contributed by atoms with Crippen LogP contribution in [-0.2, 0) is 0 Å². The highest BCUT2D eigenvalue weighted by molar-refractivity contribution is 6.59. The molecule has 0 saturated heterocycles. The molecule has 1 aromatic rings. The summed E-state index contributed by atoms with van der Waals surface area (Å²) in [5.74, 6) is -1.72. The van der Waals surface area contributed by atoms with Crippen LogP contribution in [0.15, 0.2) is 12.1 Å². The van der Waals surface area contributed by atoms with Gasteiger partial charge in [-0.1, -0.05) is 13.8 Å². The molecule has 0 aliphatic heterocycles. The molecule has 1 amide bonds. The third-order valence-electron chi connectivity index (χ3n) is 2.33. The predicted molar refractivity (Wildman–Crippen MR) is 58.8 cm³/mol. The van der Waals surface area contributed by atoms with Crippen molar-refractivity contribution in [1.82, 2.24) is 0 Å². The van der Waals surface area contributed by atoms with Crippen LogP contribution in [0.3, 0.4) is 0 Å². The Labute approximate surface area is 93.0 Å². The number of benzene rings is 1. The summed E-state index contributed by atoms with van der Waals surface area (Å²) in [7, 11) is -1.96. The van der Waals surface area contributed by atoms with Crippen LogP contribution in [0.25, 0.3) is 0 Å². The van der Waals surface area contributed by atoms with Crippen LogP contribution in [0.2, 0.25) is 0 Å². The van der Waals surface area contributed by atoms with E-state index in [1.54, 1.807) is 13.8 Å². The lowest BCUT2D eigenvalue weighted by Crippen LogP contribution is -2.38. The molecule has 16 heavy (non-hydrogen) atoms. The van der Waals surface area contributed by atoms with Gasteiger partial charge in [-0.25, -0.2) is 4.39 Å². The summed E-state index contributed by atoms with van der Waals surface area (Å²) >= 11 is 0. The molecule has 4 nitrogen and oxygen atoms in total. The average molecular weight is 225 g/mol. The van der Waals surface area contributed by atoms with Crippen molar-refractivity contribution < 1.29 is 19.2 Å². The molecule has 0 atom stereocenters. The highest BCUT2D eigenvalue weighted by Crippen LogP contribution is 2.19. The van der Waals surface area contributed by atoms with Crippen LogP contribution in [-0.4, -0.2) is 23.1 Å². The number of amides is 1. The van der Waals surface area contributed by atoms with Crippen LogP contribution < -0.4 is 11.2 Å². The van der Waals surface area contributed by atoms with Gasteiger partial charge in [-0.2, -0.15) is 0 Å². The fourth-order valence-electron chi connectivity index (χ4n) is 1.71. The van der Waals surface area contributed by atoms with Crippen molar-refractivity contribution in [2.45, 2.75) is 19.8 Å². The summed E-state index contributed by atoms with van der Waals surface area (Å²) < 4.78 is 13.4. The summed E-state index contributed by atoms with van der Waals surface area (Å²) in [6, 6.07) is 2.25. The van der Waals surface area contributed by atoms with Crippen molar-refractivity contribution in [2.24, 2.45) is 5.73 Å². The maximum Gasteiger partial charge on any atom is 0.491 e. The van der Waals surface area contributed by atoms with E-state index in [2.05, 4.69) is 0 Å². The molecule has 0 aliphatic rings. The van der Waals surface area contributed by atoms with Crippen LogP contribution in [0.1, 0.15) is 35.7 Å². The number of hydrogen-bond acceptors (Lipinski definition) is 3. The van der Waals surface area contributed by atoms with E-state index in [0.717, 1.165) is 6.07 Å². The Morgan fingerprint density at radius 3 is 2.38 bits per heavy atom. The average Bonchev–Trinajstić information content (AvgIpc) is 2.15. The van der Waals surface area contributed by atoms with Crippen LogP contribution in [0.4, 0.5) is 4.39 Å². The fraction of sp³-hybridized carbons (Fsp3) is 0.300. The maximum atomic E-state index is 13.4. The van der Waals surface area contributed by atoms with Gasteiger partial charge in [-0.3, -0.25) is 4.79 Å². The minimum absolute atomic E-state index is 0.111. The van der Waals surface area contributed by atoms with Crippen molar-refractivity contribution in [3.05, 3.63) is 29.1 Å². The molecule has 0 bridgehead atoms. The standard InChI is InChI=1S/C10H13BFNO3/c1-5(2)8-6(10(13)14)3-4-7(12)9(8)11(15)16/h3-5,15-16H,1-2H3,(H2,13,14). The highest BCUT2D eigenvalue weighted by Gasteiger charge is 2.26. The van der Waals surface area contributed by atoms with Gasteiger partial charge in [0.25, 0.3) is 0 Å². The number of nitrogens with two attached hydrogens (primary N) is 1. The van der Waals surface area contributed by atoms with Crippen LogP contribution in [0, 0.1) is 5.82 Å². The highest BCUT2D eigenvalue weighted by atomic mass is 19.1. The largest absolute Gasteiger partial charge is 0.491 e. The zero-order valence-electron chi connectivity index (χ0n) is 9.07. The summed E-state index contributed by atoms with van der Waals surface area (Å²) in [4.78, 5) is 11.1. The Morgan fingerprint density at radius 2 is 2.00 bits per heavy atom. The Bertz CT molecular complexity index is 421.